The first-order valence-corrected chi connectivity index (χ1v) is 9.42. The number of carbonyl (C=O) groups is 3. The van der Waals surface area contributed by atoms with Gasteiger partial charge in [-0.05, 0) is 37.1 Å². The third-order valence-electron chi connectivity index (χ3n) is 4.76. The average Bonchev–Trinajstić information content (AvgIpc) is 3.27. The van der Waals surface area contributed by atoms with Crippen LogP contribution in [0.1, 0.15) is 43.4 Å². The zero-order valence-electron chi connectivity index (χ0n) is 13.7. The summed E-state index contributed by atoms with van der Waals surface area (Å²) in [5, 5.41) is 7.76. The van der Waals surface area contributed by atoms with Crippen molar-refractivity contribution in [2.24, 2.45) is 0 Å². The van der Waals surface area contributed by atoms with Crippen LogP contribution in [0.2, 0.25) is 0 Å². The maximum absolute atomic E-state index is 12.5. The number of hydrogen-bond acceptors (Lipinski definition) is 4. The number of amides is 4. The largest absolute Gasteiger partial charge is 0.356 e. The molecule has 1 aromatic heterocycles. The third-order valence-corrected chi connectivity index (χ3v) is 5.70. The fourth-order valence-corrected chi connectivity index (χ4v) is 4.17. The fourth-order valence-electron chi connectivity index (χ4n) is 3.46. The summed E-state index contributed by atoms with van der Waals surface area (Å²) < 4.78 is 0. The molecule has 0 atom stereocenters. The van der Waals surface area contributed by atoms with Gasteiger partial charge in [-0.2, -0.15) is 0 Å². The summed E-state index contributed by atoms with van der Waals surface area (Å²) in [5.41, 5.74) is -0.653. The molecule has 7 heteroatoms. The van der Waals surface area contributed by atoms with Gasteiger partial charge < -0.3 is 10.6 Å². The molecule has 2 heterocycles. The topological polar surface area (TPSA) is 78.5 Å². The zero-order valence-corrected chi connectivity index (χ0v) is 14.5. The highest BCUT2D eigenvalue weighted by Gasteiger charge is 2.51. The van der Waals surface area contributed by atoms with E-state index in [2.05, 4.69) is 10.6 Å². The van der Waals surface area contributed by atoms with Crippen molar-refractivity contribution in [2.75, 3.05) is 13.1 Å². The van der Waals surface area contributed by atoms with Gasteiger partial charge in [0.2, 0.25) is 5.91 Å². The summed E-state index contributed by atoms with van der Waals surface area (Å²) in [4.78, 5) is 38.9. The molecule has 2 aliphatic rings. The monoisotopic (exact) mass is 349 g/mol. The minimum absolute atomic E-state index is 0.0332. The minimum Gasteiger partial charge on any atom is -0.356 e. The predicted octanol–water partition coefficient (Wildman–Crippen LogP) is 2.05. The van der Waals surface area contributed by atoms with Crippen molar-refractivity contribution in [1.82, 2.24) is 15.5 Å². The molecule has 0 unspecified atom stereocenters. The number of imide groups is 1. The zero-order chi connectivity index (χ0) is 17.0. The number of nitrogens with one attached hydrogen (secondary N) is 2. The van der Waals surface area contributed by atoms with Gasteiger partial charge in [0.05, 0.1) is 0 Å². The molecule has 0 bridgehead atoms. The standard InChI is InChI=1S/C17H23N3O3S/c21-14(18-10-7-13-5-4-12-24-13)6-3-11-20-15(22)17(19-16(20)23)8-1-2-9-17/h4-5,12H,1-3,6-11H2,(H,18,21)(H,19,23). The molecule has 130 valence electrons. The third kappa shape index (κ3) is 3.61. The Morgan fingerprint density at radius 2 is 2.12 bits per heavy atom. The lowest BCUT2D eigenvalue weighted by Crippen LogP contribution is -2.44. The number of rotatable bonds is 7. The fraction of sp³-hybridized carbons (Fsp3) is 0.588. The first-order valence-electron chi connectivity index (χ1n) is 8.54. The summed E-state index contributed by atoms with van der Waals surface area (Å²) in [6, 6.07) is 3.74. The molecule has 1 saturated heterocycles. The molecular weight excluding hydrogens is 326 g/mol. The summed E-state index contributed by atoms with van der Waals surface area (Å²) in [6.45, 7) is 0.927. The van der Waals surface area contributed by atoms with Crippen LogP contribution in [0, 0.1) is 0 Å². The Hall–Kier alpha value is -1.89. The van der Waals surface area contributed by atoms with Crippen molar-refractivity contribution in [3.05, 3.63) is 22.4 Å². The first kappa shape index (κ1) is 17.0. The summed E-state index contributed by atoms with van der Waals surface area (Å²) in [6.07, 6.45) is 5.08. The van der Waals surface area contributed by atoms with Crippen molar-refractivity contribution < 1.29 is 14.4 Å². The molecule has 6 nitrogen and oxygen atoms in total. The molecule has 4 amide bonds. The van der Waals surface area contributed by atoms with E-state index in [1.165, 1.54) is 9.78 Å². The molecule has 24 heavy (non-hydrogen) atoms. The number of nitrogens with zero attached hydrogens (tertiary/aromatic N) is 1. The van der Waals surface area contributed by atoms with E-state index < -0.39 is 5.54 Å². The second-order valence-corrected chi connectivity index (χ2v) is 7.49. The predicted molar refractivity (Wildman–Crippen MR) is 91.7 cm³/mol. The Bertz CT molecular complexity index is 609. The lowest BCUT2D eigenvalue weighted by Gasteiger charge is -2.19. The Morgan fingerprint density at radius 1 is 1.33 bits per heavy atom. The van der Waals surface area contributed by atoms with E-state index in [-0.39, 0.29) is 17.8 Å². The van der Waals surface area contributed by atoms with Crippen LogP contribution in [-0.4, -0.2) is 41.4 Å². The SMILES string of the molecule is O=C(CCCN1C(=O)NC2(CCCC2)C1=O)NCCc1cccs1. The second-order valence-electron chi connectivity index (χ2n) is 6.46. The van der Waals surface area contributed by atoms with Gasteiger partial charge in [-0.15, -0.1) is 11.3 Å². The van der Waals surface area contributed by atoms with Crippen LogP contribution in [0.4, 0.5) is 4.79 Å². The van der Waals surface area contributed by atoms with Gasteiger partial charge >= 0.3 is 6.03 Å². The Kier molecular flexibility index (Phi) is 5.18. The summed E-state index contributed by atoms with van der Waals surface area (Å²) >= 11 is 1.68. The van der Waals surface area contributed by atoms with Crippen molar-refractivity contribution >= 4 is 29.2 Å². The lowest BCUT2D eigenvalue weighted by atomic mass is 9.98. The van der Waals surface area contributed by atoms with E-state index >= 15 is 0 Å². The number of urea groups is 1. The minimum atomic E-state index is -0.653. The van der Waals surface area contributed by atoms with Crippen LogP contribution < -0.4 is 10.6 Å². The molecule has 1 saturated carbocycles. The van der Waals surface area contributed by atoms with E-state index in [9.17, 15) is 14.4 Å². The number of carbonyl (C=O) groups excluding carboxylic acids is 3. The van der Waals surface area contributed by atoms with Crippen LogP contribution in [0.3, 0.4) is 0 Å². The Balaban J connectivity index is 1.37. The lowest BCUT2D eigenvalue weighted by molar-refractivity contribution is -0.131. The number of hydrogen-bond donors (Lipinski definition) is 2. The highest BCUT2D eigenvalue weighted by Crippen LogP contribution is 2.35. The maximum Gasteiger partial charge on any atom is 0.325 e. The van der Waals surface area contributed by atoms with Gasteiger partial charge in [-0.25, -0.2) is 4.79 Å². The van der Waals surface area contributed by atoms with E-state index in [4.69, 9.17) is 0 Å². The van der Waals surface area contributed by atoms with Crippen molar-refractivity contribution in [2.45, 2.75) is 50.5 Å². The van der Waals surface area contributed by atoms with Gasteiger partial charge in [0.15, 0.2) is 0 Å². The van der Waals surface area contributed by atoms with Gasteiger partial charge in [0, 0.05) is 24.4 Å². The van der Waals surface area contributed by atoms with Crippen LogP contribution in [0.15, 0.2) is 17.5 Å². The normalized spacial score (nSPS) is 19.1. The molecule has 1 aliphatic heterocycles. The van der Waals surface area contributed by atoms with E-state index in [1.54, 1.807) is 11.3 Å². The van der Waals surface area contributed by atoms with Gasteiger partial charge in [-0.3, -0.25) is 14.5 Å². The highest BCUT2D eigenvalue weighted by atomic mass is 32.1. The summed E-state index contributed by atoms with van der Waals surface area (Å²) in [7, 11) is 0. The molecule has 0 aromatic carbocycles. The van der Waals surface area contributed by atoms with E-state index in [0.29, 0.717) is 25.9 Å². The van der Waals surface area contributed by atoms with Gasteiger partial charge in [-0.1, -0.05) is 18.9 Å². The molecule has 2 fully saturated rings. The molecule has 2 N–H and O–H groups in total. The summed E-state index contributed by atoms with van der Waals surface area (Å²) in [5.74, 6) is -0.141. The van der Waals surface area contributed by atoms with Crippen LogP contribution >= 0.6 is 11.3 Å². The van der Waals surface area contributed by atoms with E-state index in [1.807, 2.05) is 17.5 Å². The molecule has 1 aliphatic carbocycles. The smallest absolute Gasteiger partial charge is 0.325 e. The molecule has 0 radical (unpaired) electrons. The molecule has 3 rings (SSSR count). The maximum atomic E-state index is 12.5. The average molecular weight is 349 g/mol. The first-order chi connectivity index (χ1) is 11.6. The van der Waals surface area contributed by atoms with Crippen molar-refractivity contribution in [3.8, 4) is 0 Å². The molecular formula is C17H23N3O3S. The van der Waals surface area contributed by atoms with Crippen molar-refractivity contribution in [1.29, 1.82) is 0 Å². The van der Waals surface area contributed by atoms with E-state index in [0.717, 1.165) is 32.1 Å². The Labute approximate surface area is 145 Å². The highest BCUT2D eigenvalue weighted by molar-refractivity contribution is 7.09. The molecule has 1 aromatic rings. The molecule has 1 spiro atoms. The number of thiophene rings is 1. The van der Waals surface area contributed by atoms with Gasteiger partial charge in [0.25, 0.3) is 5.91 Å². The van der Waals surface area contributed by atoms with Crippen LogP contribution in [0.5, 0.6) is 0 Å². The Morgan fingerprint density at radius 3 is 2.83 bits per heavy atom. The van der Waals surface area contributed by atoms with Crippen LogP contribution in [-0.2, 0) is 16.0 Å². The van der Waals surface area contributed by atoms with Gasteiger partial charge in [0.1, 0.15) is 5.54 Å². The van der Waals surface area contributed by atoms with Crippen LogP contribution in [0.25, 0.3) is 0 Å². The quantitative estimate of drug-likeness (QED) is 0.740. The van der Waals surface area contributed by atoms with Crippen molar-refractivity contribution in [3.63, 3.8) is 0 Å². The second kappa shape index (κ2) is 7.34.